The number of hydrogen-bond donors (Lipinski definition) is 1. The van der Waals surface area contributed by atoms with Gasteiger partial charge in [0.1, 0.15) is 5.75 Å². The second-order valence-electron chi connectivity index (χ2n) is 4.50. The fourth-order valence-electron chi connectivity index (χ4n) is 2.38. The molecule has 0 aliphatic carbocycles. The van der Waals surface area contributed by atoms with Crippen molar-refractivity contribution < 1.29 is 4.74 Å². The zero-order valence-corrected chi connectivity index (χ0v) is 9.71. The minimum absolute atomic E-state index is 0.467. The molecule has 1 aromatic rings. The highest BCUT2D eigenvalue weighted by Crippen LogP contribution is 2.34. The van der Waals surface area contributed by atoms with Crippen LogP contribution in [0.2, 0.25) is 0 Å². The van der Waals surface area contributed by atoms with E-state index in [1.54, 1.807) is 7.11 Å². The van der Waals surface area contributed by atoms with Gasteiger partial charge in [-0.05, 0) is 31.4 Å². The van der Waals surface area contributed by atoms with E-state index in [2.05, 4.69) is 37.4 Å². The Morgan fingerprint density at radius 3 is 2.80 bits per heavy atom. The summed E-state index contributed by atoms with van der Waals surface area (Å²) in [7, 11) is 1.75. The zero-order valence-electron chi connectivity index (χ0n) is 9.71. The number of hydrogen-bond acceptors (Lipinski definition) is 2. The predicted molar refractivity (Wildman–Crippen MR) is 62.3 cm³/mol. The molecule has 1 saturated heterocycles. The first-order chi connectivity index (χ1) is 7.22. The smallest absolute Gasteiger partial charge is 0.126 e. The van der Waals surface area contributed by atoms with Crippen LogP contribution >= 0.6 is 0 Å². The van der Waals surface area contributed by atoms with E-state index in [-0.39, 0.29) is 0 Å². The van der Waals surface area contributed by atoms with Crippen molar-refractivity contribution in [3.05, 3.63) is 29.3 Å². The molecular weight excluding hydrogens is 186 g/mol. The molecule has 15 heavy (non-hydrogen) atoms. The Kier molecular flexibility index (Phi) is 2.96. The molecule has 2 rings (SSSR count). The second kappa shape index (κ2) is 4.23. The molecule has 1 aliphatic heterocycles. The highest BCUT2D eigenvalue weighted by atomic mass is 16.5. The zero-order chi connectivity index (χ0) is 10.8. The van der Waals surface area contributed by atoms with E-state index in [4.69, 9.17) is 4.74 Å². The Balaban J connectivity index is 2.31. The van der Waals surface area contributed by atoms with Gasteiger partial charge in [-0.25, -0.2) is 0 Å². The quantitative estimate of drug-likeness (QED) is 0.801. The van der Waals surface area contributed by atoms with Crippen LogP contribution in [0, 0.1) is 12.8 Å². The number of benzene rings is 1. The number of aryl methyl sites for hydroxylation is 1. The molecule has 1 heterocycles. The van der Waals surface area contributed by atoms with Crippen molar-refractivity contribution in [1.82, 2.24) is 5.32 Å². The first-order valence-electron chi connectivity index (χ1n) is 5.59. The second-order valence-corrected chi connectivity index (χ2v) is 4.50. The maximum atomic E-state index is 5.48. The standard InChI is InChI=1S/C13H19NO/c1-9-7-12(14-8-9)11-6-4-5-10(2)13(11)15-3/h4-6,9,12,14H,7-8H2,1-3H3/t9-,12-/m0/s1. The molecule has 0 unspecified atom stereocenters. The Hall–Kier alpha value is -1.02. The van der Waals surface area contributed by atoms with Crippen LogP contribution in [0.5, 0.6) is 5.75 Å². The van der Waals surface area contributed by atoms with Gasteiger partial charge in [0.05, 0.1) is 7.11 Å². The van der Waals surface area contributed by atoms with Crippen LogP contribution < -0.4 is 10.1 Å². The summed E-state index contributed by atoms with van der Waals surface area (Å²) in [5.74, 6) is 1.81. The summed E-state index contributed by atoms with van der Waals surface area (Å²) >= 11 is 0. The van der Waals surface area contributed by atoms with Gasteiger partial charge in [0.2, 0.25) is 0 Å². The van der Waals surface area contributed by atoms with E-state index in [0.29, 0.717) is 6.04 Å². The van der Waals surface area contributed by atoms with E-state index in [9.17, 15) is 0 Å². The first kappa shape index (κ1) is 10.5. The van der Waals surface area contributed by atoms with Gasteiger partial charge in [-0.2, -0.15) is 0 Å². The highest BCUT2D eigenvalue weighted by Gasteiger charge is 2.24. The lowest BCUT2D eigenvalue weighted by molar-refractivity contribution is 0.399. The Morgan fingerprint density at radius 1 is 1.40 bits per heavy atom. The summed E-state index contributed by atoms with van der Waals surface area (Å²) in [5, 5.41) is 3.54. The van der Waals surface area contributed by atoms with Crippen molar-refractivity contribution in [2.24, 2.45) is 5.92 Å². The molecule has 2 heteroatoms. The van der Waals surface area contributed by atoms with Crippen molar-refractivity contribution >= 4 is 0 Å². The lowest BCUT2D eigenvalue weighted by atomic mass is 9.98. The van der Waals surface area contributed by atoms with Crippen molar-refractivity contribution in [2.75, 3.05) is 13.7 Å². The van der Waals surface area contributed by atoms with E-state index in [1.165, 1.54) is 17.5 Å². The van der Waals surface area contributed by atoms with Gasteiger partial charge >= 0.3 is 0 Å². The van der Waals surface area contributed by atoms with Gasteiger partial charge in [-0.1, -0.05) is 25.1 Å². The van der Waals surface area contributed by atoms with Crippen molar-refractivity contribution in [2.45, 2.75) is 26.3 Å². The van der Waals surface area contributed by atoms with Gasteiger partial charge < -0.3 is 10.1 Å². The molecule has 1 aliphatic rings. The highest BCUT2D eigenvalue weighted by molar-refractivity contribution is 5.42. The third-order valence-corrected chi connectivity index (χ3v) is 3.17. The summed E-state index contributed by atoms with van der Waals surface area (Å²) in [5.41, 5.74) is 2.53. The largest absolute Gasteiger partial charge is 0.496 e. The topological polar surface area (TPSA) is 21.3 Å². The molecule has 0 bridgehead atoms. The van der Waals surface area contributed by atoms with Crippen LogP contribution in [-0.4, -0.2) is 13.7 Å². The van der Waals surface area contributed by atoms with E-state index in [1.807, 2.05) is 0 Å². The van der Waals surface area contributed by atoms with Gasteiger partial charge in [-0.15, -0.1) is 0 Å². The summed E-state index contributed by atoms with van der Waals surface area (Å²) in [6, 6.07) is 6.84. The van der Waals surface area contributed by atoms with Crippen molar-refractivity contribution in [3.8, 4) is 5.75 Å². The van der Waals surface area contributed by atoms with Crippen LogP contribution in [-0.2, 0) is 0 Å². The van der Waals surface area contributed by atoms with E-state index in [0.717, 1.165) is 18.2 Å². The number of rotatable bonds is 2. The van der Waals surface area contributed by atoms with Crippen molar-refractivity contribution in [1.29, 1.82) is 0 Å². The van der Waals surface area contributed by atoms with Crippen LogP contribution in [0.1, 0.15) is 30.5 Å². The van der Waals surface area contributed by atoms with E-state index >= 15 is 0 Å². The average Bonchev–Trinajstić information content (AvgIpc) is 2.64. The molecule has 0 saturated carbocycles. The molecule has 0 radical (unpaired) electrons. The van der Waals surface area contributed by atoms with Gasteiger partial charge in [0, 0.05) is 11.6 Å². The average molecular weight is 205 g/mol. The molecule has 0 aromatic heterocycles. The molecule has 1 fully saturated rings. The Morgan fingerprint density at radius 2 is 2.20 bits per heavy atom. The maximum absolute atomic E-state index is 5.48. The monoisotopic (exact) mass is 205 g/mol. The molecule has 1 N–H and O–H groups in total. The maximum Gasteiger partial charge on any atom is 0.126 e. The van der Waals surface area contributed by atoms with Crippen molar-refractivity contribution in [3.63, 3.8) is 0 Å². The fraction of sp³-hybridized carbons (Fsp3) is 0.538. The van der Waals surface area contributed by atoms with E-state index < -0.39 is 0 Å². The molecule has 2 atom stereocenters. The lowest BCUT2D eigenvalue weighted by Crippen LogP contribution is -2.14. The third-order valence-electron chi connectivity index (χ3n) is 3.17. The number of nitrogens with one attached hydrogen (secondary N) is 1. The molecule has 0 amide bonds. The Labute approximate surface area is 91.6 Å². The first-order valence-corrected chi connectivity index (χ1v) is 5.59. The third kappa shape index (κ3) is 2.00. The molecular formula is C13H19NO. The van der Waals surface area contributed by atoms with Crippen LogP contribution in [0.25, 0.3) is 0 Å². The lowest BCUT2D eigenvalue weighted by Gasteiger charge is -2.16. The SMILES string of the molecule is COc1c(C)cccc1[C@@H]1C[C@H](C)CN1. The fourth-order valence-corrected chi connectivity index (χ4v) is 2.38. The summed E-state index contributed by atoms with van der Waals surface area (Å²) in [6.45, 7) is 5.50. The molecule has 1 aromatic carbocycles. The normalized spacial score (nSPS) is 25.5. The molecule has 2 nitrogen and oxygen atoms in total. The summed E-state index contributed by atoms with van der Waals surface area (Å²) < 4.78 is 5.48. The number of para-hydroxylation sites is 1. The van der Waals surface area contributed by atoms with Crippen LogP contribution in [0.3, 0.4) is 0 Å². The number of ether oxygens (including phenoxy) is 1. The minimum Gasteiger partial charge on any atom is -0.496 e. The van der Waals surface area contributed by atoms with Crippen LogP contribution in [0.15, 0.2) is 18.2 Å². The van der Waals surface area contributed by atoms with Gasteiger partial charge in [0.15, 0.2) is 0 Å². The summed E-state index contributed by atoms with van der Waals surface area (Å²) in [4.78, 5) is 0. The summed E-state index contributed by atoms with van der Waals surface area (Å²) in [6.07, 6.45) is 1.21. The predicted octanol–water partition coefficient (Wildman–Crippen LogP) is 2.67. The minimum atomic E-state index is 0.467. The Bertz CT molecular complexity index is 348. The molecule has 82 valence electrons. The van der Waals surface area contributed by atoms with Gasteiger partial charge in [-0.3, -0.25) is 0 Å². The number of methoxy groups -OCH3 is 1. The molecule has 0 spiro atoms. The van der Waals surface area contributed by atoms with Gasteiger partial charge in [0.25, 0.3) is 0 Å². The van der Waals surface area contributed by atoms with Crippen LogP contribution in [0.4, 0.5) is 0 Å².